The standard InChI is InChI=1S/C56H34FIN2/c57-39-22-27-42(28-23-39)60-53-30-21-38(33-49(53)50-34-40(58)24-31-54(50)60)37-20-29-52-48(32-37)43-12-8-9-17-51(43)59(52)41-25-18-36(19-26-41)56-46-15-6-4-13-44(46)55(35-10-2-1-3-11-35)45-14-5-7-16-47(45)56/h1-34H. The van der Waals surface area contributed by atoms with Crippen molar-refractivity contribution in [2.45, 2.75) is 0 Å². The lowest BCUT2D eigenvalue weighted by Gasteiger charge is -2.18. The van der Waals surface area contributed by atoms with Crippen LogP contribution in [0, 0.1) is 9.39 Å². The average Bonchev–Trinajstić information content (AvgIpc) is 3.80. The van der Waals surface area contributed by atoms with E-state index in [0.29, 0.717) is 0 Å². The number of fused-ring (bicyclic) bond motifs is 8. The first-order valence-electron chi connectivity index (χ1n) is 20.2. The molecule has 60 heavy (non-hydrogen) atoms. The van der Waals surface area contributed by atoms with Crippen molar-refractivity contribution in [1.29, 1.82) is 0 Å². The van der Waals surface area contributed by atoms with Crippen molar-refractivity contribution in [2.24, 2.45) is 0 Å². The average molecular weight is 881 g/mol. The number of hydrogen-bond donors (Lipinski definition) is 0. The van der Waals surface area contributed by atoms with Crippen molar-refractivity contribution in [3.63, 3.8) is 0 Å². The van der Waals surface area contributed by atoms with Crippen molar-refractivity contribution in [3.05, 3.63) is 216 Å². The summed E-state index contributed by atoms with van der Waals surface area (Å²) in [5.74, 6) is -0.238. The zero-order valence-electron chi connectivity index (χ0n) is 32.3. The summed E-state index contributed by atoms with van der Waals surface area (Å²) in [6, 6.07) is 73.2. The number of para-hydroxylation sites is 1. The minimum absolute atomic E-state index is 0.238. The Morgan fingerprint density at radius 3 is 1.23 bits per heavy atom. The summed E-state index contributed by atoms with van der Waals surface area (Å²) in [6.07, 6.45) is 0. The third-order valence-electron chi connectivity index (χ3n) is 12.2. The Balaban J connectivity index is 0.990. The minimum Gasteiger partial charge on any atom is -0.309 e. The summed E-state index contributed by atoms with van der Waals surface area (Å²) in [4.78, 5) is 0. The molecule has 12 rings (SSSR count). The summed E-state index contributed by atoms with van der Waals surface area (Å²) >= 11 is 2.39. The van der Waals surface area contributed by atoms with Gasteiger partial charge < -0.3 is 9.13 Å². The van der Waals surface area contributed by atoms with E-state index in [1.165, 1.54) is 92.1 Å². The maximum atomic E-state index is 14.0. The molecule has 0 saturated heterocycles. The van der Waals surface area contributed by atoms with Crippen LogP contribution in [0.25, 0.3) is 110 Å². The second-order valence-corrected chi connectivity index (χ2v) is 16.8. The molecule has 0 radical (unpaired) electrons. The summed E-state index contributed by atoms with van der Waals surface area (Å²) in [5.41, 5.74) is 13.9. The van der Waals surface area contributed by atoms with Crippen molar-refractivity contribution < 1.29 is 4.39 Å². The Labute approximate surface area is 359 Å². The molecule has 0 amide bonds. The number of benzene rings is 10. The van der Waals surface area contributed by atoms with Crippen LogP contribution in [0.2, 0.25) is 0 Å². The van der Waals surface area contributed by atoms with Crippen molar-refractivity contribution >= 4 is 87.7 Å². The number of rotatable bonds is 5. The van der Waals surface area contributed by atoms with Gasteiger partial charge in [0.15, 0.2) is 0 Å². The lowest BCUT2D eigenvalue weighted by Crippen LogP contribution is -1.95. The van der Waals surface area contributed by atoms with E-state index in [-0.39, 0.29) is 5.82 Å². The first kappa shape index (κ1) is 35.0. The molecular formula is C56H34FIN2. The Morgan fingerprint density at radius 2 is 0.683 bits per heavy atom. The van der Waals surface area contributed by atoms with Gasteiger partial charge in [-0.1, -0.05) is 121 Å². The first-order chi connectivity index (χ1) is 29.6. The smallest absolute Gasteiger partial charge is 0.123 e. The highest BCUT2D eigenvalue weighted by Crippen LogP contribution is 2.44. The Morgan fingerprint density at radius 1 is 0.300 bits per heavy atom. The SMILES string of the molecule is Fc1ccc(-n2c3ccc(I)cc3c3cc(-c4ccc5c(c4)c4ccccc4n5-c4ccc(-c5c6ccccc6c(-c6ccccc6)c6ccccc56)cc4)ccc32)cc1. The summed E-state index contributed by atoms with van der Waals surface area (Å²) in [5, 5.41) is 9.79. The molecule has 0 bridgehead atoms. The van der Waals surface area contributed by atoms with Gasteiger partial charge in [0.2, 0.25) is 0 Å². The summed E-state index contributed by atoms with van der Waals surface area (Å²) in [6.45, 7) is 0. The molecule has 0 fully saturated rings. The van der Waals surface area contributed by atoms with Crippen molar-refractivity contribution in [1.82, 2.24) is 9.13 Å². The van der Waals surface area contributed by atoms with Crippen LogP contribution >= 0.6 is 22.6 Å². The third-order valence-corrected chi connectivity index (χ3v) is 12.9. The predicted octanol–water partition coefficient (Wildman–Crippen LogP) is 15.9. The van der Waals surface area contributed by atoms with Gasteiger partial charge in [0, 0.05) is 36.5 Å². The largest absolute Gasteiger partial charge is 0.309 e. The fraction of sp³-hybridized carbons (Fsp3) is 0. The fourth-order valence-electron chi connectivity index (χ4n) is 9.61. The van der Waals surface area contributed by atoms with Gasteiger partial charge in [0.25, 0.3) is 0 Å². The molecule has 0 atom stereocenters. The van der Waals surface area contributed by atoms with E-state index >= 15 is 0 Å². The molecule has 2 aromatic heterocycles. The molecule has 0 aliphatic heterocycles. The lowest BCUT2D eigenvalue weighted by atomic mass is 9.86. The number of hydrogen-bond acceptors (Lipinski definition) is 0. The first-order valence-corrected chi connectivity index (χ1v) is 21.3. The molecule has 0 aliphatic carbocycles. The molecule has 2 heterocycles. The van der Waals surface area contributed by atoms with Gasteiger partial charge in [-0.2, -0.15) is 0 Å². The van der Waals surface area contributed by atoms with Crippen LogP contribution in [-0.4, -0.2) is 9.13 Å². The van der Waals surface area contributed by atoms with Crippen LogP contribution in [-0.2, 0) is 0 Å². The fourth-order valence-corrected chi connectivity index (χ4v) is 10.1. The molecule has 0 N–H and O–H groups in total. The van der Waals surface area contributed by atoms with E-state index in [1.54, 1.807) is 0 Å². The summed E-state index contributed by atoms with van der Waals surface area (Å²) < 4.78 is 19.8. The van der Waals surface area contributed by atoms with E-state index in [4.69, 9.17) is 0 Å². The maximum Gasteiger partial charge on any atom is 0.123 e. The molecular weight excluding hydrogens is 847 g/mol. The molecule has 282 valence electrons. The quantitative estimate of drug-likeness (QED) is 0.120. The zero-order chi connectivity index (χ0) is 39.9. The molecule has 2 nitrogen and oxygen atoms in total. The van der Waals surface area contributed by atoms with Crippen LogP contribution in [0.1, 0.15) is 0 Å². The van der Waals surface area contributed by atoms with Gasteiger partial charge in [0.05, 0.1) is 22.1 Å². The molecule has 0 aliphatic rings. The van der Waals surface area contributed by atoms with Crippen LogP contribution in [0.3, 0.4) is 0 Å². The minimum atomic E-state index is -0.238. The number of halogens is 2. The normalized spacial score (nSPS) is 11.8. The van der Waals surface area contributed by atoms with Crippen LogP contribution < -0.4 is 0 Å². The van der Waals surface area contributed by atoms with E-state index in [1.807, 2.05) is 12.1 Å². The molecule has 12 aromatic rings. The highest BCUT2D eigenvalue weighted by atomic mass is 127. The van der Waals surface area contributed by atoms with E-state index < -0.39 is 0 Å². The Hall–Kier alpha value is -7.02. The van der Waals surface area contributed by atoms with Crippen molar-refractivity contribution in [2.75, 3.05) is 0 Å². The monoisotopic (exact) mass is 880 g/mol. The molecule has 0 spiro atoms. The van der Waals surface area contributed by atoms with Gasteiger partial charge in [-0.25, -0.2) is 4.39 Å². The Kier molecular flexibility index (Phi) is 8.04. The topological polar surface area (TPSA) is 9.86 Å². The second-order valence-electron chi connectivity index (χ2n) is 15.5. The Bertz CT molecular complexity index is 3600. The lowest BCUT2D eigenvalue weighted by molar-refractivity contribution is 0.627. The van der Waals surface area contributed by atoms with E-state index in [2.05, 4.69) is 214 Å². The van der Waals surface area contributed by atoms with Gasteiger partial charge in [-0.3, -0.25) is 0 Å². The van der Waals surface area contributed by atoms with Crippen LogP contribution in [0.15, 0.2) is 206 Å². The molecule has 10 aromatic carbocycles. The maximum absolute atomic E-state index is 14.0. The van der Waals surface area contributed by atoms with E-state index in [0.717, 1.165) is 33.5 Å². The van der Waals surface area contributed by atoms with Gasteiger partial charge >= 0.3 is 0 Å². The summed E-state index contributed by atoms with van der Waals surface area (Å²) in [7, 11) is 0. The van der Waals surface area contributed by atoms with Gasteiger partial charge in [0.1, 0.15) is 5.82 Å². The predicted molar refractivity (Wildman–Crippen MR) is 259 cm³/mol. The van der Waals surface area contributed by atoms with Crippen LogP contribution in [0.4, 0.5) is 4.39 Å². The molecule has 0 unspecified atom stereocenters. The highest BCUT2D eigenvalue weighted by Gasteiger charge is 2.19. The second kappa shape index (κ2) is 13.8. The molecule has 0 saturated carbocycles. The zero-order valence-corrected chi connectivity index (χ0v) is 34.4. The van der Waals surface area contributed by atoms with E-state index in [9.17, 15) is 4.39 Å². The van der Waals surface area contributed by atoms with Crippen molar-refractivity contribution in [3.8, 4) is 44.8 Å². The van der Waals surface area contributed by atoms with Crippen LogP contribution in [0.5, 0.6) is 0 Å². The number of nitrogens with zero attached hydrogens (tertiary/aromatic N) is 2. The number of aromatic nitrogens is 2. The third kappa shape index (κ3) is 5.44. The van der Waals surface area contributed by atoms with Gasteiger partial charge in [-0.05, 0) is 162 Å². The molecule has 4 heteroatoms. The highest BCUT2D eigenvalue weighted by molar-refractivity contribution is 14.1. The van der Waals surface area contributed by atoms with Gasteiger partial charge in [-0.15, -0.1) is 0 Å².